The zero-order chi connectivity index (χ0) is 13.8. The molecule has 1 aromatic heterocycles. The minimum absolute atomic E-state index is 0.270. The molecule has 0 atom stereocenters. The van der Waals surface area contributed by atoms with E-state index in [4.69, 9.17) is 4.74 Å². The minimum atomic E-state index is -0.270. The lowest BCUT2D eigenvalue weighted by atomic mass is 10.1. The van der Waals surface area contributed by atoms with Crippen molar-refractivity contribution < 1.29 is 9.13 Å². The largest absolute Gasteiger partial charge is 0.377 e. The van der Waals surface area contributed by atoms with Crippen LogP contribution in [-0.4, -0.2) is 24.1 Å². The van der Waals surface area contributed by atoms with Crippen LogP contribution in [0.2, 0.25) is 0 Å². The lowest BCUT2D eigenvalue weighted by Gasteiger charge is -2.08. The van der Waals surface area contributed by atoms with E-state index >= 15 is 0 Å². The third-order valence-electron chi connectivity index (χ3n) is 2.64. The monoisotopic (exact) mass is 261 g/mol. The van der Waals surface area contributed by atoms with Crippen LogP contribution in [0.5, 0.6) is 0 Å². The summed E-state index contributed by atoms with van der Waals surface area (Å²) >= 11 is 0. The van der Waals surface area contributed by atoms with Gasteiger partial charge in [0, 0.05) is 25.8 Å². The van der Waals surface area contributed by atoms with Crippen molar-refractivity contribution in [2.24, 2.45) is 0 Å². The maximum Gasteiger partial charge on any atom is 0.157 e. The summed E-state index contributed by atoms with van der Waals surface area (Å²) in [5.74, 6) is 0.970. The number of ether oxygens (including phenoxy) is 1. The molecule has 1 N–H and O–H groups in total. The van der Waals surface area contributed by atoms with Gasteiger partial charge in [-0.2, -0.15) is 0 Å². The predicted octanol–water partition coefficient (Wildman–Crippen LogP) is 2.78. The molecule has 5 heteroatoms. The molecule has 100 valence electrons. The molecule has 0 amide bonds. The van der Waals surface area contributed by atoms with Gasteiger partial charge in [-0.05, 0) is 30.7 Å². The summed E-state index contributed by atoms with van der Waals surface area (Å²) in [5.41, 5.74) is 2.26. The van der Waals surface area contributed by atoms with E-state index < -0.39 is 0 Å². The lowest BCUT2D eigenvalue weighted by Crippen LogP contribution is -2.03. The van der Waals surface area contributed by atoms with E-state index in [0.717, 1.165) is 11.1 Å². The minimum Gasteiger partial charge on any atom is -0.377 e. The van der Waals surface area contributed by atoms with Crippen LogP contribution in [0.15, 0.2) is 24.3 Å². The first-order chi connectivity index (χ1) is 9.12. The molecule has 4 nitrogen and oxygen atoms in total. The van der Waals surface area contributed by atoms with E-state index in [9.17, 15) is 4.39 Å². The van der Waals surface area contributed by atoms with Crippen LogP contribution in [0.3, 0.4) is 0 Å². The topological polar surface area (TPSA) is 47.0 Å². The van der Waals surface area contributed by atoms with Crippen molar-refractivity contribution in [1.82, 2.24) is 9.97 Å². The summed E-state index contributed by atoms with van der Waals surface area (Å²) in [6.45, 7) is 2.17. The Morgan fingerprint density at radius 3 is 2.63 bits per heavy atom. The molecular formula is C14H16FN3O. The molecule has 0 spiro atoms. The van der Waals surface area contributed by atoms with Gasteiger partial charge >= 0.3 is 0 Å². The highest BCUT2D eigenvalue weighted by Gasteiger charge is 2.07. The number of aryl methyl sites for hydroxylation is 1. The molecule has 0 fully saturated rings. The first kappa shape index (κ1) is 13.4. The van der Waals surface area contributed by atoms with Crippen LogP contribution in [0, 0.1) is 12.7 Å². The van der Waals surface area contributed by atoms with Gasteiger partial charge in [0.25, 0.3) is 0 Å². The van der Waals surface area contributed by atoms with Crippen molar-refractivity contribution in [3.8, 4) is 11.3 Å². The van der Waals surface area contributed by atoms with E-state index in [1.807, 2.05) is 13.0 Å². The van der Waals surface area contributed by atoms with Crippen LogP contribution in [0.1, 0.15) is 11.4 Å². The van der Waals surface area contributed by atoms with Crippen LogP contribution >= 0.6 is 0 Å². The Balaban J connectivity index is 2.50. The molecule has 0 aliphatic carbocycles. The Bertz CT molecular complexity index is 567. The average molecular weight is 261 g/mol. The Kier molecular flexibility index (Phi) is 4.06. The average Bonchev–Trinajstić information content (AvgIpc) is 2.37. The third kappa shape index (κ3) is 3.26. The van der Waals surface area contributed by atoms with Gasteiger partial charge in [0.1, 0.15) is 18.2 Å². The van der Waals surface area contributed by atoms with Crippen molar-refractivity contribution >= 4 is 5.82 Å². The van der Waals surface area contributed by atoms with E-state index in [1.54, 1.807) is 20.2 Å². The normalized spacial score (nSPS) is 10.5. The maximum atomic E-state index is 13.5. The Labute approximate surface area is 111 Å². The zero-order valence-corrected chi connectivity index (χ0v) is 11.2. The van der Waals surface area contributed by atoms with Gasteiger partial charge in [0.2, 0.25) is 0 Å². The number of hydrogen-bond donors (Lipinski definition) is 1. The fourth-order valence-electron chi connectivity index (χ4n) is 1.85. The Morgan fingerprint density at radius 2 is 2.00 bits per heavy atom. The molecule has 0 saturated carbocycles. The first-order valence-electron chi connectivity index (χ1n) is 5.94. The molecule has 2 rings (SSSR count). The molecule has 0 saturated heterocycles. The summed E-state index contributed by atoms with van der Waals surface area (Å²) in [7, 11) is 3.36. The quantitative estimate of drug-likeness (QED) is 0.919. The van der Waals surface area contributed by atoms with Crippen molar-refractivity contribution in [1.29, 1.82) is 0 Å². The Morgan fingerprint density at radius 1 is 1.21 bits per heavy atom. The van der Waals surface area contributed by atoms with Crippen molar-refractivity contribution in [3.63, 3.8) is 0 Å². The van der Waals surface area contributed by atoms with Gasteiger partial charge in [-0.15, -0.1) is 0 Å². The van der Waals surface area contributed by atoms with E-state index in [-0.39, 0.29) is 5.82 Å². The van der Waals surface area contributed by atoms with Crippen LogP contribution in [-0.2, 0) is 11.3 Å². The fraction of sp³-hybridized carbons (Fsp3) is 0.286. The SMILES string of the molecule is CNc1cc(-c2cc(C)cc(F)c2)nc(COC)n1. The van der Waals surface area contributed by atoms with Gasteiger partial charge in [-0.25, -0.2) is 14.4 Å². The standard InChI is InChI=1S/C14H16FN3O/c1-9-4-10(6-11(15)5-9)12-7-13(16-2)18-14(17-12)8-19-3/h4-7H,8H2,1-3H3,(H,16,17,18). The second-order valence-electron chi connectivity index (χ2n) is 4.25. The maximum absolute atomic E-state index is 13.5. The number of nitrogens with zero attached hydrogens (tertiary/aromatic N) is 2. The van der Waals surface area contributed by atoms with Crippen molar-refractivity contribution in [2.75, 3.05) is 19.5 Å². The molecule has 0 aliphatic heterocycles. The molecule has 1 heterocycles. The number of nitrogens with one attached hydrogen (secondary N) is 1. The van der Waals surface area contributed by atoms with Gasteiger partial charge in [0.05, 0.1) is 5.69 Å². The number of rotatable bonds is 4. The molecule has 0 unspecified atom stereocenters. The highest BCUT2D eigenvalue weighted by molar-refractivity contribution is 5.63. The van der Waals surface area contributed by atoms with Crippen LogP contribution in [0.4, 0.5) is 10.2 Å². The fourth-order valence-corrected chi connectivity index (χ4v) is 1.85. The molecule has 2 aromatic rings. The summed E-state index contributed by atoms with van der Waals surface area (Å²) < 4.78 is 18.5. The summed E-state index contributed by atoms with van der Waals surface area (Å²) in [5, 5.41) is 2.96. The lowest BCUT2D eigenvalue weighted by molar-refractivity contribution is 0.178. The highest BCUT2D eigenvalue weighted by Crippen LogP contribution is 2.22. The van der Waals surface area contributed by atoms with Crippen LogP contribution < -0.4 is 5.32 Å². The second kappa shape index (κ2) is 5.75. The van der Waals surface area contributed by atoms with Crippen molar-refractivity contribution in [2.45, 2.75) is 13.5 Å². The highest BCUT2D eigenvalue weighted by atomic mass is 19.1. The number of benzene rings is 1. The molecule has 0 bridgehead atoms. The predicted molar refractivity (Wildman–Crippen MR) is 72.4 cm³/mol. The summed E-state index contributed by atoms with van der Waals surface area (Å²) in [4.78, 5) is 8.65. The number of halogens is 1. The molecule has 0 aliphatic rings. The Hall–Kier alpha value is -2.01. The molecule has 0 radical (unpaired) electrons. The smallest absolute Gasteiger partial charge is 0.157 e. The zero-order valence-electron chi connectivity index (χ0n) is 11.2. The van der Waals surface area contributed by atoms with Gasteiger partial charge in [-0.1, -0.05) is 0 Å². The van der Waals surface area contributed by atoms with Gasteiger partial charge in [0.15, 0.2) is 5.82 Å². The number of methoxy groups -OCH3 is 1. The third-order valence-corrected chi connectivity index (χ3v) is 2.64. The van der Waals surface area contributed by atoms with Gasteiger partial charge in [-0.3, -0.25) is 0 Å². The van der Waals surface area contributed by atoms with E-state index in [0.29, 0.717) is 23.9 Å². The molecule has 19 heavy (non-hydrogen) atoms. The van der Waals surface area contributed by atoms with Crippen molar-refractivity contribution in [3.05, 3.63) is 41.5 Å². The molecule has 1 aromatic carbocycles. The number of aromatic nitrogens is 2. The van der Waals surface area contributed by atoms with Gasteiger partial charge < -0.3 is 10.1 Å². The van der Waals surface area contributed by atoms with E-state index in [1.165, 1.54) is 12.1 Å². The van der Waals surface area contributed by atoms with Crippen LogP contribution in [0.25, 0.3) is 11.3 Å². The molecular weight excluding hydrogens is 245 g/mol. The number of hydrogen-bond acceptors (Lipinski definition) is 4. The first-order valence-corrected chi connectivity index (χ1v) is 5.94. The van der Waals surface area contributed by atoms with E-state index in [2.05, 4.69) is 15.3 Å². The summed E-state index contributed by atoms with van der Waals surface area (Å²) in [6.07, 6.45) is 0. The number of anilines is 1. The summed E-state index contributed by atoms with van der Waals surface area (Å²) in [6, 6.07) is 6.62. The second-order valence-corrected chi connectivity index (χ2v) is 4.25.